The van der Waals surface area contributed by atoms with Crippen LogP contribution in [0.3, 0.4) is 0 Å². The fourth-order valence-electron chi connectivity index (χ4n) is 1.94. The smallest absolute Gasteiger partial charge is 0.232 e. The van der Waals surface area contributed by atoms with Gasteiger partial charge in [0.05, 0.1) is 12.2 Å². The van der Waals surface area contributed by atoms with Gasteiger partial charge in [0.25, 0.3) is 0 Å². The van der Waals surface area contributed by atoms with Crippen LogP contribution in [0.4, 0.5) is 0 Å². The number of hydrogen-bond acceptors (Lipinski definition) is 5. The fourth-order valence-corrected chi connectivity index (χ4v) is 2.11. The monoisotopic (exact) mass is 330 g/mol. The van der Waals surface area contributed by atoms with Crippen molar-refractivity contribution in [3.05, 3.63) is 52.2 Å². The van der Waals surface area contributed by atoms with E-state index in [9.17, 15) is 4.79 Å². The number of carbonyl (C=O) groups is 1. The van der Waals surface area contributed by atoms with Crippen LogP contribution in [0, 0.1) is 18.3 Å². The van der Waals surface area contributed by atoms with Gasteiger partial charge in [-0.05, 0) is 44.2 Å². The third kappa shape index (κ3) is 4.21. The van der Waals surface area contributed by atoms with Crippen molar-refractivity contribution in [2.24, 2.45) is 0 Å². The summed E-state index contributed by atoms with van der Waals surface area (Å²) in [6.45, 7) is 3.78. The molecule has 5 nitrogen and oxygen atoms in total. The van der Waals surface area contributed by atoms with Crippen LogP contribution in [0.1, 0.15) is 28.5 Å². The van der Waals surface area contributed by atoms with Crippen molar-refractivity contribution < 1.29 is 14.3 Å². The van der Waals surface area contributed by atoms with Crippen molar-refractivity contribution in [3.8, 4) is 17.7 Å². The molecule has 0 unspecified atom stereocenters. The molecule has 0 N–H and O–H groups in total. The normalized spacial score (nSPS) is 10.0. The van der Waals surface area contributed by atoms with Gasteiger partial charge in [0, 0.05) is 10.7 Å². The second-order valence-corrected chi connectivity index (χ2v) is 5.14. The lowest BCUT2D eigenvalue weighted by Gasteiger charge is -2.11. The molecule has 1 aromatic heterocycles. The van der Waals surface area contributed by atoms with E-state index in [0.717, 1.165) is 0 Å². The number of nitrogens with zero attached hydrogens (tertiary/aromatic N) is 2. The molecular formula is C17H15ClN2O3. The van der Waals surface area contributed by atoms with Crippen molar-refractivity contribution in [2.45, 2.75) is 13.8 Å². The molecule has 23 heavy (non-hydrogen) atoms. The summed E-state index contributed by atoms with van der Waals surface area (Å²) >= 11 is 5.94. The standard InChI is InChI=1S/C17H15ClN2O3/c1-3-22-16-7-6-13(18)8-14(16)15(21)10-23-17-12(9-19)5-4-11(2)20-17/h4-8H,3,10H2,1-2H3. The maximum absolute atomic E-state index is 12.4. The fraction of sp³-hybridized carbons (Fsp3) is 0.235. The van der Waals surface area contributed by atoms with Crippen molar-refractivity contribution in [3.63, 3.8) is 0 Å². The summed E-state index contributed by atoms with van der Waals surface area (Å²) in [7, 11) is 0. The molecule has 6 heteroatoms. The van der Waals surface area contributed by atoms with Crippen LogP contribution in [0.2, 0.25) is 5.02 Å². The van der Waals surface area contributed by atoms with Gasteiger partial charge in [-0.25, -0.2) is 4.98 Å². The molecule has 0 fully saturated rings. The number of rotatable bonds is 6. The van der Waals surface area contributed by atoms with Crippen molar-refractivity contribution in [2.75, 3.05) is 13.2 Å². The van der Waals surface area contributed by atoms with E-state index in [4.69, 9.17) is 26.3 Å². The number of halogens is 1. The van der Waals surface area contributed by atoms with Gasteiger partial charge in [-0.3, -0.25) is 4.79 Å². The van der Waals surface area contributed by atoms with E-state index < -0.39 is 0 Å². The molecule has 0 atom stereocenters. The largest absolute Gasteiger partial charge is 0.493 e. The lowest BCUT2D eigenvalue weighted by atomic mass is 10.1. The molecule has 0 amide bonds. The summed E-state index contributed by atoms with van der Waals surface area (Å²) in [5.74, 6) is 0.284. The van der Waals surface area contributed by atoms with Crippen LogP contribution >= 0.6 is 11.6 Å². The average Bonchev–Trinajstić information content (AvgIpc) is 2.54. The minimum atomic E-state index is -0.303. The highest BCUT2D eigenvalue weighted by molar-refractivity contribution is 6.31. The van der Waals surface area contributed by atoms with E-state index in [1.165, 1.54) is 6.07 Å². The number of carbonyl (C=O) groups excluding carboxylic acids is 1. The summed E-state index contributed by atoms with van der Waals surface area (Å²) in [6, 6.07) is 10.1. The van der Waals surface area contributed by atoms with Crippen LogP contribution in [-0.4, -0.2) is 24.0 Å². The Morgan fingerprint density at radius 1 is 1.30 bits per heavy atom. The highest BCUT2D eigenvalue weighted by Crippen LogP contribution is 2.24. The van der Waals surface area contributed by atoms with Gasteiger partial charge in [-0.15, -0.1) is 0 Å². The molecule has 2 rings (SSSR count). The summed E-state index contributed by atoms with van der Waals surface area (Å²) in [4.78, 5) is 16.5. The summed E-state index contributed by atoms with van der Waals surface area (Å²) in [5, 5.41) is 9.48. The number of aryl methyl sites for hydroxylation is 1. The summed E-state index contributed by atoms with van der Waals surface area (Å²) in [5.41, 5.74) is 1.31. The molecule has 1 heterocycles. The number of Topliss-reactive ketones (excluding diaryl/α,β-unsaturated/α-hetero) is 1. The molecular weight excluding hydrogens is 316 g/mol. The Hall–Kier alpha value is -2.58. The van der Waals surface area contributed by atoms with Crippen molar-refractivity contribution in [1.82, 2.24) is 4.98 Å². The highest BCUT2D eigenvalue weighted by atomic mass is 35.5. The van der Waals surface area contributed by atoms with Crippen molar-refractivity contribution >= 4 is 17.4 Å². The Kier molecular flexibility index (Phi) is 5.56. The number of aromatic nitrogens is 1. The number of pyridine rings is 1. The van der Waals surface area contributed by atoms with E-state index in [1.807, 2.05) is 13.0 Å². The van der Waals surface area contributed by atoms with Gasteiger partial charge in [0.1, 0.15) is 17.4 Å². The first-order valence-corrected chi connectivity index (χ1v) is 7.39. The zero-order valence-electron chi connectivity index (χ0n) is 12.8. The zero-order valence-corrected chi connectivity index (χ0v) is 13.6. The number of ketones is 1. The molecule has 0 aliphatic rings. The number of ether oxygens (including phenoxy) is 2. The third-order valence-corrected chi connectivity index (χ3v) is 3.24. The maximum atomic E-state index is 12.4. The molecule has 0 aliphatic carbocycles. The number of benzene rings is 1. The molecule has 2 aromatic rings. The molecule has 0 aliphatic heterocycles. The minimum Gasteiger partial charge on any atom is -0.493 e. The van der Waals surface area contributed by atoms with Gasteiger partial charge < -0.3 is 9.47 Å². The number of hydrogen-bond donors (Lipinski definition) is 0. The molecule has 0 radical (unpaired) electrons. The van der Waals surface area contributed by atoms with Crippen LogP contribution < -0.4 is 9.47 Å². The van der Waals surface area contributed by atoms with Crippen LogP contribution in [0.25, 0.3) is 0 Å². The second-order valence-electron chi connectivity index (χ2n) is 4.70. The first-order chi connectivity index (χ1) is 11.0. The van der Waals surface area contributed by atoms with Crippen molar-refractivity contribution in [1.29, 1.82) is 5.26 Å². The average molecular weight is 331 g/mol. The van der Waals surface area contributed by atoms with E-state index in [0.29, 0.717) is 28.6 Å². The summed E-state index contributed by atoms with van der Waals surface area (Å²) < 4.78 is 10.8. The Labute approximate surface area is 139 Å². The van der Waals surface area contributed by atoms with E-state index in [-0.39, 0.29) is 23.8 Å². The first kappa shape index (κ1) is 16.8. The highest BCUT2D eigenvalue weighted by Gasteiger charge is 2.15. The quantitative estimate of drug-likeness (QED) is 0.757. The Balaban J connectivity index is 2.19. The molecule has 0 saturated heterocycles. The van der Waals surface area contributed by atoms with Crippen LogP contribution in [0.5, 0.6) is 11.6 Å². The molecule has 118 valence electrons. The van der Waals surface area contributed by atoms with E-state index in [1.54, 1.807) is 31.2 Å². The Morgan fingerprint density at radius 3 is 2.78 bits per heavy atom. The minimum absolute atomic E-state index is 0.140. The lowest BCUT2D eigenvalue weighted by molar-refractivity contribution is 0.0914. The van der Waals surface area contributed by atoms with Gasteiger partial charge in [0.2, 0.25) is 11.7 Å². The molecule has 0 spiro atoms. The summed E-state index contributed by atoms with van der Waals surface area (Å²) in [6.07, 6.45) is 0. The predicted octanol–water partition coefficient (Wildman–Crippen LogP) is 3.58. The Bertz CT molecular complexity index is 769. The van der Waals surface area contributed by atoms with Gasteiger partial charge in [-0.1, -0.05) is 11.6 Å². The van der Waals surface area contributed by atoms with Gasteiger partial charge in [-0.2, -0.15) is 5.26 Å². The predicted molar refractivity (Wildman–Crippen MR) is 86.1 cm³/mol. The number of nitriles is 1. The van der Waals surface area contributed by atoms with Crippen LogP contribution in [-0.2, 0) is 0 Å². The molecule has 0 bridgehead atoms. The topological polar surface area (TPSA) is 72.2 Å². The zero-order chi connectivity index (χ0) is 16.8. The maximum Gasteiger partial charge on any atom is 0.232 e. The molecule has 0 saturated carbocycles. The van der Waals surface area contributed by atoms with Gasteiger partial charge >= 0.3 is 0 Å². The molecule has 1 aromatic carbocycles. The SMILES string of the molecule is CCOc1ccc(Cl)cc1C(=O)COc1nc(C)ccc1C#N. The Morgan fingerprint density at radius 2 is 2.09 bits per heavy atom. The van der Waals surface area contributed by atoms with Crippen LogP contribution in [0.15, 0.2) is 30.3 Å². The van der Waals surface area contributed by atoms with Gasteiger partial charge in [0.15, 0.2) is 6.61 Å². The first-order valence-electron chi connectivity index (χ1n) is 7.01. The van der Waals surface area contributed by atoms with E-state index in [2.05, 4.69) is 4.98 Å². The third-order valence-electron chi connectivity index (χ3n) is 3.00. The second kappa shape index (κ2) is 7.61. The van der Waals surface area contributed by atoms with E-state index >= 15 is 0 Å². The lowest BCUT2D eigenvalue weighted by Crippen LogP contribution is -2.14.